The number of benzene rings is 1. The SMILES string of the molecule is O=CNc1ccccc1.c1c[nH]cn1. The summed E-state index contributed by atoms with van der Waals surface area (Å²) in [5.74, 6) is 0. The number of hydrogen-bond acceptors (Lipinski definition) is 2. The Morgan fingerprint density at radius 1 is 1.29 bits per heavy atom. The number of hydrogen-bond donors (Lipinski definition) is 2. The van der Waals surface area contributed by atoms with Crippen LogP contribution in [0.15, 0.2) is 49.1 Å². The predicted molar refractivity (Wildman–Crippen MR) is 54.7 cm³/mol. The van der Waals surface area contributed by atoms with E-state index < -0.39 is 0 Å². The number of anilines is 1. The maximum Gasteiger partial charge on any atom is 0.211 e. The molecular weight excluding hydrogens is 178 g/mol. The third-order valence-electron chi connectivity index (χ3n) is 1.41. The van der Waals surface area contributed by atoms with Gasteiger partial charge in [-0.15, -0.1) is 0 Å². The quantitative estimate of drug-likeness (QED) is 0.706. The number of aromatic nitrogens is 2. The topological polar surface area (TPSA) is 57.8 Å². The van der Waals surface area contributed by atoms with E-state index >= 15 is 0 Å². The van der Waals surface area contributed by atoms with Crippen LogP contribution in [0.2, 0.25) is 0 Å². The average molecular weight is 189 g/mol. The monoisotopic (exact) mass is 189 g/mol. The molecular formula is C10H11N3O. The van der Waals surface area contributed by atoms with Crippen LogP contribution in [-0.4, -0.2) is 16.4 Å². The molecule has 1 amide bonds. The predicted octanol–water partition coefficient (Wildman–Crippen LogP) is 1.66. The van der Waals surface area contributed by atoms with Crippen molar-refractivity contribution < 1.29 is 4.79 Å². The Hall–Kier alpha value is -2.10. The highest BCUT2D eigenvalue weighted by Crippen LogP contribution is 2.01. The zero-order chi connectivity index (χ0) is 10.1. The maximum absolute atomic E-state index is 9.86. The molecule has 2 aromatic rings. The summed E-state index contributed by atoms with van der Waals surface area (Å²) in [6, 6.07) is 9.29. The molecule has 0 radical (unpaired) electrons. The molecule has 0 aliphatic heterocycles. The van der Waals surface area contributed by atoms with Gasteiger partial charge in [0.2, 0.25) is 6.41 Å². The third kappa shape index (κ3) is 4.06. The van der Waals surface area contributed by atoms with Crippen molar-refractivity contribution in [1.82, 2.24) is 9.97 Å². The van der Waals surface area contributed by atoms with Crippen LogP contribution in [0.3, 0.4) is 0 Å². The van der Waals surface area contributed by atoms with Gasteiger partial charge in [0.15, 0.2) is 0 Å². The Bertz CT molecular complexity index is 314. The van der Waals surface area contributed by atoms with Gasteiger partial charge >= 0.3 is 0 Å². The average Bonchev–Trinajstić information content (AvgIpc) is 2.78. The molecule has 4 heteroatoms. The molecule has 2 rings (SSSR count). The first-order chi connectivity index (χ1) is 6.93. The van der Waals surface area contributed by atoms with E-state index in [2.05, 4.69) is 15.3 Å². The summed E-state index contributed by atoms with van der Waals surface area (Å²) < 4.78 is 0. The highest BCUT2D eigenvalue weighted by molar-refractivity contribution is 5.70. The lowest BCUT2D eigenvalue weighted by Gasteiger charge is -1.93. The van der Waals surface area contributed by atoms with Crippen molar-refractivity contribution in [3.63, 3.8) is 0 Å². The molecule has 72 valence electrons. The van der Waals surface area contributed by atoms with E-state index in [1.54, 1.807) is 18.7 Å². The lowest BCUT2D eigenvalue weighted by molar-refractivity contribution is -0.105. The lowest BCUT2D eigenvalue weighted by atomic mass is 10.3. The van der Waals surface area contributed by atoms with Gasteiger partial charge in [0.05, 0.1) is 6.33 Å². The Labute approximate surface area is 82.0 Å². The number of carbonyl (C=O) groups is 1. The second kappa shape index (κ2) is 6.42. The summed E-state index contributed by atoms with van der Waals surface area (Å²) in [5, 5.41) is 2.53. The minimum atomic E-state index is 0.662. The fourth-order valence-corrected chi connectivity index (χ4v) is 0.818. The summed E-state index contributed by atoms with van der Waals surface area (Å²) in [6.45, 7) is 0. The highest BCUT2D eigenvalue weighted by Gasteiger charge is 1.81. The van der Waals surface area contributed by atoms with Gasteiger partial charge in [-0.2, -0.15) is 0 Å². The summed E-state index contributed by atoms with van der Waals surface area (Å²) in [6.07, 6.45) is 5.75. The summed E-state index contributed by atoms with van der Waals surface area (Å²) in [4.78, 5) is 16.3. The molecule has 0 aliphatic carbocycles. The molecule has 0 spiro atoms. The number of rotatable bonds is 2. The van der Waals surface area contributed by atoms with Crippen molar-refractivity contribution in [2.24, 2.45) is 0 Å². The van der Waals surface area contributed by atoms with Crippen molar-refractivity contribution >= 4 is 12.1 Å². The number of nitrogens with one attached hydrogen (secondary N) is 2. The van der Waals surface area contributed by atoms with Gasteiger partial charge < -0.3 is 10.3 Å². The minimum Gasteiger partial charge on any atom is -0.351 e. The largest absolute Gasteiger partial charge is 0.351 e. The highest BCUT2D eigenvalue weighted by atomic mass is 16.1. The fraction of sp³-hybridized carbons (Fsp3) is 0. The number of imidazole rings is 1. The molecule has 0 unspecified atom stereocenters. The normalized spacial score (nSPS) is 8.29. The van der Waals surface area contributed by atoms with Crippen molar-refractivity contribution in [3.05, 3.63) is 49.1 Å². The molecule has 0 atom stereocenters. The molecule has 0 aliphatic rings. The van der Waals surface area contributed by atoms with Crippen molar-refractivity contribution in [2.45, 2.75) is 0 Å². The number of carbonyl (C=O) groups excluding carboxylic acids is 1. The zero-order valence-corrected chi connectivity index (χ0v) is 7.55. The molecule has 1 heterocycles. The van der Waals surface area contributed by atoms with Crippen molar-refractivity contribution in [2.75, 3.05) is 5.32 Å². The second-order valence-electron chi connectivity index (χ2n) is 2.39. The number of amides is 1. The van der Waals surface area contributed by atoms with Gasteiger partial charge in [-0.3, -0.25) is 4.79 Å². The lowest BCUT2D eigenvalue weighted by Crippen LogP contribution is -1.91. The standard InChI is InChI=1S/C7H7NO.C3H4N2/c9-6-8-7-4-2-1-3-5-7;1-2-5-3-4-1/h1-6H,(H,8,9);1-3H,(H,4,5). The number of aromatic amines is 1. The van der Waals surface area contributed by atoms with Crippen LogP contribution in [0.1, 0.15) is 0 Å². The van der Waals surface area contributed by atoms with E-state index in [4.69, 9.17) is 0 Å². The molecule has 0 bridgehead atoms. The molecule has 0 saturated heterocycles. The van der Waals surface area contributed by atoms with Gasteiger partial charge in [-0.05, 0) is 12.1 Å². The Balaban J connectivity index is 0.000000165. The van der Waals surface area contributed by atoms with E-state index in [1.165, 1.54) is 0 Å². The maximum atomic E-state index is 9.86. The minimum absolute atomic E-state index is 0.662. The van der Waals surface area contributed by atoms with E-state index in [9.17, 15) is 4.79 Å². The van der Waals surface area contributed by atoms with Crippen LogP contribution < -0.4 is 5.32 Å². The summed E-state index contributed by atoms with van der Waals surface area (Å²) >= 11 is 0. The van der Waals surface area contributed by atoms with Gasteiger partial charge in [0.25, 0.3) is 0 Å². The van der Waals surface area contributed by atoms with Gasteiger partial charge in [-0.25, -0.2) is 4.98 Å². The van der Waals surface area contributed by atoms with E-state index in [0.29, 0.717) is 6.41 Å². The van der Waals surface area contributed by atoms with Gasteiger partial charge in [0, 0.05) is 18.1 Å². The zero-order valence-electron chi connectivity index (χ0n) is 7.55. The Kier molecular flexibility index (Phi) is 4.58. The van der Waals surface area contributed by atoms with Crippen LogP contribution in [0.4, 0.5) is 5.69 Å². The molecule has 2 N–H and O–H groups in total. The molecule has 4 nitrogen and oxygen atoms in total. The van der Waals surface area contributed by atoms with Crippen LogP contribution in [0, 0.1) is 0 Å². The Morgan fingerprint density at radius 3 is 2.50 bits per heavy atom. The third-order valence-corrected chi connectivity index (χ3v) is 1.41. The second-order valence-corrected chi connectivity index (χ2v) is 2.39. The number of H-pyrrole nitrogens is 1. The summed E-state index contributed by atoms with van der Waals surface area (Å²) in [7, 11) is 0. The molecule has 0 fully saturated rings. The van der Waals surface area contributed by atoms with Crippen molar-refractivity contribution in [1.29, 1.82) is 0 Å². The van der Waals surface area contributed by atoms with Gasteiger partial charge in [-0.1, -0.05) is 18.2 Å². The first-order valence-corrected chi connectivity index (χ1v) is 4.11. The first-order valence-electron chi connectivity index (χ1n) is 4.11. The number of para-hydroxylation sites is 1. The Morgan fingerprint density at radius 2 is 2.07 bits per heavy atom. The molecule has 0 saturated carbocycles. The van der Waals surface area contributed by atoms with Crippen molar-refractivity contribution in [3.8, 4) is 0 Å². The first kappa shape index (κ1) is 9.98. The van der Waals surface area contributed by atoms with E-state index in [-0.39, 0.29) is 0 Å². The van der Waals surface area contributed by atoms with Gasteiger partial charge in [0.1, 0.15) is 0 Å². The molecule has 1 aromatic heterocycles. The smallest absolute Gasteiger partial charge is 0.211 e. The molecule has 14 heavy (non-hydrogen) atoms. The molecule has 1 aromatic carbocycles. The van der Waals surface area contributed by atoms with Crippen LogP contribution in [0.5, 0.6) is 0 Å². The van der Waals surface area contributed by atoms with Crippen LogP contribution >= 0.6 is 0 Å². The fourth-order valence-electron chi connectivity index (χ4n) is 0.818. The van der Waals surface area contributed by atoms with Crippen LogP contribution in [0.25, 0.3) is 0 Å². The summed E-state index contributed by atoms with van der Waals surface area (Å²) in [5.41, 5.74) is 0.826. The number of nitrogens with zero attached hydrogens (tertiary/aromatic N) is 1. The van der Waals surface area contributed by atoms with E-state index in [1.807, 2.05) is 30.3 Å². The van der Waals surface area contributed by atoms with Crippen LogP contribution in [-0.2, 0) is 4.79 Å². The van der Waals surface area contributed by atoms with E-state index in [0.717, 1.165) is 5.69 Å².